The van der Waals surface area contributed by atoms with Gasteiger partial charge in [0.15, 0.2) is 0 Å². The van der Waals surface area contributed by atoms with Gasteiger partial charge in [-0.2, -0.15) is 0 Å². The molecule has 1 saturated carbocycles. The van der Waals surface area contributed by atoms with Gasteiger partial charge in [0.2, 0.25) is 0 Å². The summed E-state index contributed by atoms with van der Waals surface area (Å²) in [5, 5.41) is 0. The molecule has 0 radical (unpaired) electrons. The van der Waals surface area contributed by atoms with E-state index in [1.165, 1.54) is 51.6 Å². The van der Waals surface area contributed by atoms with E-state index in [2.05, 4.69) is 18.7 Å². The molecule has 1 saturated heterocycles. The number of nitrogens with zero attached hydrogens (tertiary/aromatic N) is 1. The van der Waals surface area contributed by atoms with Crippen molar-refractivity contribution in [2.75, 3.05) is 32.8 Å². The highest BCUT2D eigenvalue weighted by atomic mass is 16.5. The lowest BCUT2D eigenvalue weighted by atomic mass is 9.75. The number of nitrogens with two attached hydrogens (primary N) is 1. The molecule has 0 spiro atoms. The Labute approximate surface area is 118 Å². The predicted molar refractivity (Wildman–Crippen MR) is 80.2 cm³/mol. The summed E-state index contributed by atoms with van der Waals surface area (Å²) in [5.74, 6) is 1.62. The van der Waals surface area contributed by atoms with Gasteiger partial charge in [-0.1, -0.05) is 13.8 Å². The topological polar surface area (TPSA) is 38.5 Å². The molecule has 1 heterocycles. The summed E-state index contributed by atoms with van der Waals surface area (Å²) in [6, 6.07) is 0. The Morgan fingerprint density at radius 2 is 2.00 bits per heavy atom. The molecule has 0 aromatic rings. The molecule has 0 amide bonds. The van der Waals surface area contributed by atoms with E-state index >= 15 is 0 Å². The first-order valence-corrected chi connectivity index (χ1v) is 8.23. The van der Waals surface area contributed by atoms with Crippen molar-refractivity contribution < 1.29 is 4.74 Å². The zero-order chi connectivity index (χ0) is 13.7. The van der Waals surface area contributed by atoms with Crippen LogP contribution < -0.4 is 5.73 Å². The number of ether oxygens (including phenoxy) is 1. The van der Waals surface area contributed by atoms with Crippen LogP contribution >= 0.6 is 0 Å². The SMILES string of the molecule is CCCN(CC1CCOC1)C1(CN)CCC(C)CC1. The van der Waals surface area contributed by atoms with Crippen LogP contribution in [0.15, 0.2) is 0 Å². The van der Waals surface area contributed by atoms with Gasteiger partial charge in [0.1, 0.15) is 0 Å². The molecule has 0 bridgehead atoms. The largest absolute Gasteiger partial charge is 0.381 e. The molecule has 1 aliphatic heterocycles. The van der Waals surface area contributed by atoms with Crippen LogP contribution in [-0.2, 0) is 4.74 Å². The van der Waals surface area contributed by atoms with Crippen LogP contribution in [0.4, 0.5) is 0 Å². The van der Waals surface area contributed by atoms with E-state index in [4.69, 9.17) is 10.5 Å². The molecule has 2 aliphatic rings. The molecule has 19 heavy (non-hydrogen) atoms. The predicted octanol–water partition coefficient (Wildman–Crippen LogP) is 2.64. The van der Waals surface area contributed by atoms with Gasteiger partial charge in [0.25, 0.3) is 0 Å². The quantitative estimate of drug-likeness (QED) is 0.805. The van der Waals surface area contributed by atoms with Gasteiger partial charge in [-0.05, 0) is 56.9 Å². The molecule has 3 heteroatoms. The number of hydrogen-bond donors (Lipinski definition) is 1. The zero-order valence-corrected chi connectivity index (χ0v) is 12.9. The summed E-state index contributed by atoms with van der Waals surface area (Å²) in [6.45, 7) is 9.80. The maximum Gasteiger partial charge on any atom is 0.0507 e. The van der Waals surface area contributed by atoms with Gasteiger partial charge in [0, 0.05) is 25.2 Å². The van der Waals surface area contributed by atoms with Crippen molar-refractivity contribution in [2.45, 2.75) is 57.9 Å². The molecule has 3 nitrogen and oxygen atoms in total. The summed E-state index contributed by atoms with van der Waals surface area (Å²) in [5.41, 5.74) is 6.50. The van der Waals surface area contributed by atoms with Gasteiger partial charge in [-0.15, -0.1) is 0 Å². The fraction of sp³-hybridized carbons (Fsp3) is 1.00. The van der Waals surface area contributed by atoms with Crippen molar-refractivity contribution in [3.05, 3.63) is 0 Å². The van der Waals surface area contributed by atoms with E-state index in [1.54, 1.807) is 0 Å². The first-order chi connectivity index (χ1) is 9.20. The van der Waals surface area contributed by atoms with Crippen LogP contribution in [0.25, 0.3) is 0 Å². The Balaban J connectivity index is 2.01. The molecular formula is C16H32N2O. The maximum absolute atomic E-state index is 6.22. The second kappa shape index (κ2) is 7.05. The average molecular weight is 268 g/mol. The van der Waals surface area contributed by atoms with E-state index in [0.29, 0.717) is 0 Å². The molecule has 1 atom stereocenters. The van der Waals surface area contributed by atoms with Crippen LogP contribution in [0.2, 0.25) is 0 Å². The lowest BCUT2D eigenvalue weighted by Gasteiger charge is -2.48. The van der Waals surface area contributed by atoms with Gasteiger partial charge >= 0.3 is 0 Å². The van der Waals surface area contributed by atoms with Crippen LogP contribution in [0.3, 0.4) is 0 Å². The van der Waals surface area contributed by atoms with Crippen molar-refractivity contribution in [3.63, 3.8) is 0 Å². The van der Waals surface area contributed by atoms with Gasteiger partial charge in [-0.3, -0.25) is 4.90 Å². The summed E-state index contributed by atoms with van der Waals surface area (Å²) >= 11 is 0. The summed E-state index contributed by atoms with van der Waals surface area (Å²) in [4.78, 5) is 2.72. The van der Waals surface area contributed by atoms with Crippen LogP contribution in [0, 0.1) is 11.8 Å². The van der Waals surface area contributed by atoms with Gasteiger partial charge < -0.3 is 10.5 Å². The van der Waals surface area contributed by atoms with Gasteiger partial charge in [-0.25, -0.2) is 0 Å². The second-order valence-corrected chi connectivity index (χ2v) is 6.79. The summed E-state index contributed by atoms with van der Waals surface area (Å²) in [6.07, 6.45) is 7.73. The molecule has 112 valence electrons. The lowest BCUT2D eigenvalue weighted by molar-refractivity contribution is 0.0298. The minimum absolute atomic E-state index is 0.283. The van der Waals surface area contributed by atoms with Crippen molar-refractivity contribution in [1.29, 1.82) is 0 Å². The third-order valence-electron chi connectivity index (χ3n) is 5.25. The van der Waals surface area contributed by atoms with Crippen molar-refractivity contribution in [1.82, 2.24) is 4.90 Å². The third-order valence-corrected chi connectivity index (χ3v) is 5.25. The highest BCUT2D eigenvalue weighted by molar-refractivity contribution is 4.96. The molecule has 2 N–H and O–H groups in total. The smallest absolute Gasteiger partial charge is 0.0507 e. The Hall–Kier alpha value is -0.120. The Morgan fingerprint density at radius 3 is 2.53 bits per heavy atom. The minimum atomic E-state index is 0.283. The monoisotopic (exact) mass is 268 g/mol. The van der Waals surface area contributed by atoms with E-state index in [1.807, 2.05) is 0 Å². The van der Waals surface area contributed by atoms with Gasteiger partial charge in [0.05, 0.1) is 6.61 Å². The lowest BCUT2D eigenvalue weighted by Crippen LogP contribution is -2.57. The van der Waals surface area contributed by atoms with E-state index in [-0.39, 0.29) is 5.54 Å². The molecule has 1 aliphatic carbocycles. The Morgan fingerprint density at radius 1 is 1.26 bits per heavy atom. The fourth-order valence-electron chi connectivity index (χ4n) is 3.78. The first kappa shape index (κ1) is 15.3. The summed E-state index contributed by atoms with van der Waals surface area (Å²) in [7, 11) is 0. The molecular weight excluding hydrogens is 236 g/mol. The van der Waals surface area contributed by atoms with Crippen molar-refractivity contribution >= 4 is 0 Å². The molecule has 2 rings (SSSR count). The number of hydrogen-bond acceptors (Lipinski definition) is 3. The third kappa shape index (κ3) is 3.71. The second-order valence-electron chi connectivity index (χ2n) is 6.79. The van der Waals surface area contributed by atoms with E-state index in [9.17, 15) is 0 Å². The van der Waals surface area contributed by atoms with E-state index < -0.39 is 0 Å². The Bertz CT molecular complexity index is 255. The first-order valence-electron chi connectivity index (χ1n) is 8.23. The fourth-order valence-corrected chi connectivity index (χ4v) is 3.78. The van der Waals surface area contributed by atoms with E-state index in [0.717, 1.165) is 31.6 Å². The van der Waals surface area contributed by atoms with Crippen molar-refractivity contribution in [3.8, 4) is 0 Å². The number of rotatable bonds is 6. The normalized spacial score (nSPS) is 36.0. The Kier molecular flexibility index (Phi) is 5.67. The van der Waals surface area contributed by atoms with Crippen LogP contribution in [0.5, 0.6) is 0 Å². The average Bonchev–Trinajstić information content (AvgIpc) is 2.93. The molecule has 0 aromatic heterocycles. The molecule has 0 aromatic carbocycles. The van der Waals surface area contributed by atoms with Crippen LogP contribution in [-0.4, -0.2) is 43.3 Å². The highest BCUT2D eigenvalue weighted by Crippen LogP contribution is 2.36. The molecule has 2 fully saturated rings. The summed E-state index contributed by atoms with van der Waals surface area (Å²) < 4.78 is 5.55. The highest BCUT2D eigenvalue weighted by Gasteiger charge is 2.39. The minimum Gasteiger partial charge on any atom is -0.381 e. The standard InChI is InChI=1S/C16H32N2O/c1-3-9-18(11-15-6-10-19-12-15)16(13-17)7-4-14(2)5-8-16/h14-15H,3-13,17H2,1-2H3. The van der Waals surface area contributed by atoms with Crippen molar-refractivity contribution in [2.24, 2.45) is 17.6 Å². The van der Waals surface area contributed by atoms with Crippen LogP contribution in [0.1, 0.15) is 52.4 Å². The maximum atomic E-state index is 6.22. The molecule has 1 unspecified atom stereocenters. The zero-order valence-electron chi connectivity index (χ0n) is 12.9.